The summed E-state index contributed by atoms with van der Waals surface area (Å²) in [6.07, 6.45) is 4.97. The third kappa shape index (κ3) is 5.79. The molecule has 0 aliphatic heterocycles. The van der Waals surface area contributed by atoms with Crippen LogP contribution in [0.25, 0.3) is 5.69 Å². The zero-order valence-electron chi connectivity index (χ0n) is 17.2. The number of carbonyl (C=O) groups is 2. The van der Waals surface area contributed by atoms with E-state index in [0.717, 1.165) is 0 Å². The van der Waals surface area contributed by atoms with Gasteiger partial charge < -0.3 is 15.5 Å². The maximum absolute atomic E-state index is 12.7. The highest BCUT2D eigenvalue weighted by atomic mass is 35.5. The van der Waals surface area contributed by atoms with Crippen LogP contribution >= 0.6 is 23.4 Å². The Morgan fingerprint density at radius 2 is 2.12 bits per heavy atom. The molecule has 0 aliphatic rings. The molecule has 0 unspecified atom stereocenters. The lowest BCUT2D eigenvalue weighted by molar-refractivity contribution is -0.118. The first kappa shape index (κ1) is 22.6. The molecule has 0 atom stereocenters. The Kier molecular flexibility index (Phi) is 7.05. The SMILES string of the molecule is NC(=O)CCc1nnc(SCC(=O)Nc2cc(Cl)ccc2-n2cncn2)n1Cc1ccco1. The van der Waals surface area contributed by atoms with Gasteiger partial charge in [0.15, 0.2) is 5.16 Å². The second-order valence-electron chi connectivity index (χ2n) is 6.87. The third-order valence-electron chi connectivity index (χ3n) is 4.51. The Morgan fingerprint density at radius 1 is 1.24 bits per heavy atom. The molecule has 3 aromatic heterocycles. The molecule has 2 amide bonds. The molecule has 3 heterocycles. The van der Waals surface area contributed by atoms with Gasteiger partial charge in [0, 0.05) is 17.9 Å². The lowest BCUT2D eigenvalue weighted by atomic mass is 10.2. The number of hydrogen-bond donors (Lipinski definition) is 2. The van der Waals surface area contributed by atoms with E-state index in [2.05, 4.69) is 25.6 Å². The molecule has 0 spiro atoms. The lowest BCUT2D eigenvalue weighted by Crippen LogP contribution is -2.17. The molecule has 0 radical (unpaired) electrons. The van der Waals surface area contributed by atoms with Crippen LogP contribution in [0.15, 0.2) is 58.8 Å². The smallest absolute Gasteiger partial charge is 0.234 e. The quantitative estimate of drug-likeness (QED) is 0.324. The summed E-state index contributed by atoms with van der Waals surface area (Å²) in [5.74, 6) is 0.639. The van der Waals surface area contributed by atoms with Crippen molar-refractivity contribution in [2.24, 2.45) is 5.73 Å². The van der Waals surface area contributed by atoms with Crippen molar-refractivity contribution >= 4 is 40.9 Å². The number of primary amides is 1. The molecule has 0 saturated heterocycles. The maximum Gasteiger partial charge on any atom is 0.234 e. The zero-order valence-corrected chi connectivity index (χ0v) is 18.8. The largest absolute Gasteiger partial charge is 0.467 e. The minimum Gasteiger partial charge on any atom is -0.467 e. The Labute approximate surface area is 197 Å². The summed E-state index contributed by atoms with van der Waals surface area (Å²) in [5.41, 5.74) is 6.40. The second kappa shape index (κ2) is 10.3. The van der Waals surface area contributed by atoms with E-state index in [-0.39, 0.29) is 18.1 Å². The highest BCUT2D eigenvalue weighted by molar-refractivity contribution is 7.99. The molecule has 0 saturated carbocycles. The van der Waals surface area contributed by atoms with Crippen LogP contribution in [0.4, 0.5) is 5.69 Å². The Balaban J connectivity index is 1.47. The number of hydrogen-bond acceptors (Lipinski definition) is 8. The van der Waals surface area contributed by atoms with Crippen molar-refractivity contribution in [3.05, 3.63) is 65.9 Å². The fraction of sp³-hybridized carbons (Fsp3) is 0.200. The van der Waals surface area contributed by atoms with Crippen LogP contribution < -0.4 is 11.1 Å². The number of benzene rings is 1. The van der Waals surface area contributed by atoms with Crippen molar-refractivity contribution in [2.75, 3.05) is 11.1 Å². The van der Waals surface area contributed by atoms with Gasteiger partial charge in [0.1, 0.15) is 24.2 Å². The Morgan fingerprint density at radius 3 is 2.85 bits per heavy atom. The molecular weight excluding hydrogens is 468 g/mol. The number of rotatable bonds is 10. The van der Waals surface area contributed by atoms with Gasteiger partial charge in [-0.2, -0.15) is 5.10 Å². The molecule has 4 aromatic rings. The standard InChI is InChI=1S/C20H19ClN8O3S/c21-13-3-4-16(29-12-23-11-24-29)15(8-13)25-19(31)10-33-20-27-26-18(6-5-17(22)30)28(20)9-14-2-1-7-32-14/h1-4,7-8,11-12H,5-6,9-10H2,(H2,22,30)(H,25,31). The number of aryl methyl sites for hydroxylation is 1. The van der Waals surface area contributed by atoms with Gasteiger partial charge in [-0.15, -0.1) is 10.2 Å². The molecule has 1 aromatic carbocycles. The van der Waals surface area contributed by atoms with Crippen LogP contribution in [-0.4, -0.2) is 47.1 Å². The van der Waals surface area contributed by atoms with Crippen molar-refractivity contribution in [3.8, 4) is 5.69 Å². The van der Waals surface area contributed by atoms with E-state index < -0.39 is 5.91 Å². The molecule has 33 heavy (non-hydrogen) atoms. The molecule has 11 nitrogen and oxygen atoms in total. The van der Waals surface area contributed by atoms with Crippen molar-refractivity contribution in [1.29, 1.82) is 0 Å². The van der Waals surface area contributed by atoms with Gasteiger partial charge in [0.05, 0.1) is 29.9 Å². The fourth-order valence-electron chi connectivity index (χ4n) is 3.02. The van der Waals surface area contributed by atoms with E-state index in [1.165, 1.54) is 29.1 Å². The first-order valence-electron chi connectivity index (χ1n) is 9.79. The van der Waals surface area contributed by atoms with Gasteiger partial charge >= 0.3 is 0 Å². The van der Waals surface area contributed by atoms with Gasteiger partial charge in [-0.05, 0) is 30.3 Å². The normalized spacial score (nSPS) is 10.9. The Hall–Kier alpha value is -3.64. The van der Waals surface area contributed by atoms with Crippen LogP contribution in [0.3, 0.4) is 0 Å². The summed E-state index contributed by atoms with van der Waals surface area (Å²) in [7, 11) is 0. The first-order chi connectivity index (χ1) is 16.0. The summed E-state index contributed by atoms with van der Waals surface area (Å²) in [6, 6.07) is 8.69. The van der Waals surface area contributed by atoms with E-state index in [4.69, 9.17) is 21.8 Å². The van der Waals surface area contributed by atoms with Crippen molar-refractivity contribution in [3.63, 3.8) is 0 Å². The van der Waals surface area contributed by atoms with Gasteiger partial charge in [-0.25, -0.2) is 9.67 Å². The van der Waals surface area contributed by atoms with Gasteiger partial charge in [-0.1, -0.05) is 23.4 Å². The van der Waals surface area contributed by atoms with Gasteiger partial charge in [-0.3, -0.25) is 14.2 Å². The molecule has 0 fully saturated rings. The Bertz CT molecular complexity index is 1240. The first-order valence-corrected chi connectivity index (χ1v) is 11.2. The van der Waals surface area contributed by atoms with Gasteiger partial charge in [0.25, 0.3) is 0 Å². The summed E-state index contributed by atoms with van der Waals surface area (Å²) in [6.45, 7) is 0.364. The van der Waals surface area contributed by atoms with Crippen molar-refractivity contribution < 1.29 is 14.0 Å². The maximum atomic E-state index is 12.7. The highest BCUT2D eigenvalue weighted by Gasteiger charge is 2.17. The van der Waals surface area contributed by atoms with E-state index in [0.29, 0.717) is 46.1 Å². The van der Waals surface area contributed by atoms with Crippen LogP contribution in [0.2, 0.25) is 5.02 Å². The topological polar surface area (TPSA) is 147 Å². The summed E-state index contributed by atoms with van der Waals surface area (Å²) < 4.78 is 8.76. The summed E-state index contributed by atoms with van der Waals surface area (Å²) >= 11 is 7.32. The lowest BCUT2D eigenvalue weighted by Gasteiger charge is -2.12. The predicted molar refractivity (Wildman–Crippen MR) is 121 cm³/mol. The minimum atomic E-state index is -0.430. The molecule has 4 rings (SSSR count). The number of thioether (sulfide) groups is 1. The van der Waals surface area contributed by atoms with E-state index >= 15 is 0 Å². The minimum absolute atomic E-state index is 0.0649. The number of nitrogens with one attached hydrogen (secondary N) is 1. The molecule has 0 bridgehead atoms. The average Bonchev–Trinajstić information content (AvgIpc) is 3.54. The van der Waals surface area contributed by atoms with Crippen molar-refractivity contribution in [1.82, 2.24) is 29.5 Å². The predicted octanol–water partition coefficient (Wildman–Crippen LogP) is 2.30. The number of furan rings is 1. The number of carbonyl (C=O) groups excluding carboxylic acids is 2. The van der Waals surface area contributed by atoms with E-state index in [9.17, 15) is 9.59 Å². The van der Waals surface area contributed by atoms with Crippen LogP contribution in [0.1, 0.15) is 18.0 Å². The zero-order chi connectivity index (χ0) is 23.2. The number of aromatic nitrogens is 6. The molecule has 3 N–H and O–H groups in total. The highest BCUT2D eigenvalue weighted by Crippen LogP contribution is 2.25. The molecule has 0 aliphatic carbocycles. The van der Waals surface area contributed by atoms with E-state index in [1.54, 1.807) is 35.1 Å². The fourth-order valence-corrected chi connectivity index (χ4v) is 3.95. The van der Waals surface area contributed by atoms with Crippen LogP contribution in [0, 0.1) is 0 Å². The number of amides is 2. The number of nitrogens with two attached hydrogens (primary N) is 1. The molecular formula is C20H19ClN8O3S. The average molecular weight is 487 g/mol. The monoisotopic (exact) mass is 486 g/mol. The van der Waals surface area contributed by atoms with Crippen LogP contribution in [-0.2, 0) is 22.6 Å². The number of nitrogens with zero attached hydrogens (tertiary/aromatic N) is 6. The summed E-state index contributed by atoms with van der Waals surface area (Å²) in [4.78, 5) is 27.8. The van der Waals surface area contributed by atoms with Crippen LogP contribution in [0.5, 0.6) is 0 Å². The molecule has 170 valence electrons. The van der Waals surface area contributed by atoms with E-state index in [1.807, 2.05) is 6.07 Å². The summed E-state index contributed by atoms with van der Waals surface area (Å²) in [5, 5.41) is 16.3. The third-order valence-corrected chi connectivity index (χ3v) is 5.71. The van der Waals surface area contributed by atoms with Crippen molar-refractivity contribution in [2.45, 2.75) is 24.5 Å². The number of halogens is 1. The van der Waals surface area contributed by atoms with Gasteiger partial charge in [0.2, 0.25) is 11.8 Å². The molecule has 13 heteroatoms. The number of anilines is 1. The second-order valence-corrected chi connectivity index (χ2v) is 8.25.